The minimum absolute atomic E-state index is 0.0549. The molecule has 1 heterocycles. The van der Waals surface area contributed by atoms with Gasteiger partial charge >= 0.3 is 17.9 Å². The number of aliphatic hydroxyl groups excluding tert-OH is 1. The summed E-state index contributed by atoms with van der Waals surface area (Å²) in [5.74, 6) is 3.45. The van der Waals surface area contributed by atoms with E-state index < -0.39 is 39.7 Å². The lowest BCUT2D eigenvalue weighted by Gasteiger charge is -2.65. The van der Waals surface area contributed by atoms with Crippen LogP contribution in [0.15, 0.2) is 52.7 Å². The van der Waals surface area contributed by atoms with Crippen molar-refractivity contribution in [2.75, 3.05) is 17.8 Å². The van der Waals surface area contributed by atoms with Gasteiger partial charge in [-0.2, -0.15) is 5.10 Å². The Morgan fingerprint density at radius 2 is 1.31 bits per heavy atom. The van der Waals surface area contributed by atoms with Gasteiger partial charge in [-0.25, -0.2) is 10.2 Å². The van der Waals surface area contributed by atoms with E-state index in [1.165, 1.54) is 49.8 Å². The number of cyclic esters (lactones) is 1. The largest absolute Gasteiger partial charge is 0.462 e. The number of rotatable bonds is 9. The Hall–Kier alpha value is -3.51. The van der Waals surface area contributed by atoms with Crippen molar-refractivity contribution in [1.29, 1.82) is 0 Å². The number of aliphatic hydroxyl groups is 4. The third-order valence-corrected chi connectivity index (χ3v) is 31.6. The van der Waals surface area contributed by atoms with Crippen molar-refractivity contribution >= 4 is 80.7 Å². The monoisotopic (exact) mass is 1410 g/mol. The predicted octanol–water partition coefficient (Wildman–Crippen LogP) is 13.9. The van der Waals surface area contributed by atoms with Gasteiger partial charge in [0, 0.05) is 51.5 Å². The average Bonchev–Trinajstić information content (AvgIpc) is 1.68. The van der Waals surface area contributed by atoms with Crippen molar-refractivity contribution in [3.05, 3.63) is 58.1 Å². The molecule has 14 aliphatic rings. The second kappa shape index (κ2) is 26.1. The van der Waals surface area contributed by atoms with E-state index in [-0.39, 0.29) is 87.5 Å². The lowest BCUT2D eigenvalue weighted by Crippen LogP contribution is -2.69. The van der Waals surface area contributed by atoms with Gasteiger partial charge in [-0.05, 0) is 279 Å². The summed E-state index contributed by atoms with van der Waals surface area (Å²) in [6.45, 7) is 12.1. The molecule has 19 unspecified atom stereocenters. The quantitative estimate of drug-likeness (QED) is 0.0509. The summed E-state index contributed by atoms with van der Waals surface area (Å²) in [6.07, 6.45) is 30.2. The lowest BCUT2D eigenvalue weighted by atomic mass is 9.41. The van der Waals surface area contributed by atoms with Crippen LogP contribution < -0.4 is 5.43 Å². The molecule has 12 fully saturated rings. The van der Waals surface area contributed by atoms with Gasteiger partial charge in [0.05, 0.1) is 28.3 Å². The Kier molecular flexibility index (Phi) is 19.2. The van der Waals surface area contributed by atoms with Crippen LogP contribution in [0.1, 0.15) is 231 Å². The number of alkyl halides is 2. The summed E-state index contributed by atoms with van der Waals surface area (Å²) >= 11 is 14.8. The SMILES string of the molecule is CC12CCC(OC(=O)CBr)CC1CC[C@@H]1[C@@H]2CCC2(C)C(C3=CC(=O)CC3)CCC12O.CC12CCC3C(CCC4CC(O)CCC43C)C1CC/C2=N\NC(=O)c1cccc(Cl)c1.CC12CC[C@H]3[C@@H](CCC4(O)CC(OC(=O)CCl)CCC34C=O)C1(O)CCC2C1=CC(=O)OC1. The van der Waals surface area contributed by atoms with Gasteiger partial charge in [0.2, 0.25) is 0 Å². The fourth-order valence-electron chi connectivity index (χ4n) is 25.7. The number of hydrogen-bond acceptors (Lipinski definition) is 14. The zero-order valence-electron chi connectivity index (χ0n) is 56.8. The molecule has 0 saturated heterocycles. The van der Waals surface area contributed by atoms with Crippen LogP contribution in [0.3, 0.4) is 0 Å². The zero-order chi connectivity index (χ0) is 67.5. The number of aldehydes is 1. The molecule has 5 N–H and O–H groups in total. The zero-order valence-corrected chi connectivity index (χ0v) is 59.9. The highest BCUT2D eigenvalue weighted by molar-refractivity contribution is 9.09. The molecule has 0 aromatic heterocycles. The number of ketones is 1. The highest BCUT2D eigenvalue weighted by Gasteiger charge is 2.73. The third kappa shape index (κ3) is 11.6. The van der Waals surface area contributed by atoms with Gasteiger partial charge in [-0.3, -0.25) is 19.2 Å². The molecule has 0 spiro atoms. The van der Waals surface area contributed by atoms with Crippen LogP contribution in [0.5, 0.6) is 0 Å². The number of benzene rings is 1. The van der Waals surface area contributed by atoms with Crippen LogP contribution in [-0.4, -0.2) is 115 Å². The van der Waals surface area contributed by atoms with E-state index in [4.69, 9.17) is 37.4 Å². The minimum atomic E-state index is -1.26. The van der Waals surface area contributed by atoms with Crippen molar-refractivity contribution in [3.63, 3.8) is 0 Å². The molecule has 15 nitrogen and oxygen atoms in total. The fraction of sp³-hybridized carbons (Fsp3) is 0.779. The standard InChI is InChI=1S/C26H37BrO4.C26H35ClN2O2.C25H33ClO7/c1-24-10-7-19(31-23(29)15-27)14-17(24)4-6-22-21(24)8-11-25(2)20(9-12-26(22,25)30)16-3-5-18(28)13-16;1-25-12-10-19(30)15-17(25)6-7-20-21-8-9-23(26(21,2)13-11-22(20)25)28-29-24(31)16-4-3-5-18(27)14-16;1-22-6-3-18-19(25(22,31)9-5-17(22)15-10-20(28)32-13-15)4-8-24(30)11-16(33-21(29)12-26)2-7-23(18,24)14-27/h13,17,19-22,30H,3-12,14-15H2,1-2H3;3-5,14,17,19-22,30H,6-13,15H2,1-2H3,(H,29,31);10,14,16-19,30-31H,2-9,11-13H2,1H3/b;28-23+;/t17?,19?,20?,21-,22+,24?,25?,26?;;16?,17?,18-,19+,22?,23?,24?,25?/m0.0/s1. The first-order chi connectivity index (χ1) is 45.1. The molecular weight excluding hydrogens is 1310 g/mol. The van der Waals surface area contributed by atoms with Crippen molar-refractivity contribution in [3.8, 4) is 0 Å². The molecule has 12 saturated carbocycles. The van der Waals surface area contributed by atoms with E-state index >= 15 is 0 Å². The molecule has 0 bridgehead atoms. The second-order valence-corrected chi connectivity index (χ2v) is 35.3. The molecule has 522 valence electrons. The van der Waals surface area contributed by atoms with E-state index in [2.05, 4.69) is 61.1 Å². The summed E-state index contributed by atoms with van der Waals surface area (Å²) < 4.78 is 16.3. The van der Waals surface area contributed by atoms with Crippen molar-refractivity contribution in [2.45, 2.75) is 256 Å². The molecule has 0 radical (unpaired) electrons. The minimum Gasteiger partial charge on any atom is -0.462 e. The summed E-state index contributed by atoms with van der Waals surface area (Å²) in [6, 6.07) is 7.01. The van der Waals surface area contributed by atoms with E-state index in [1.807, 2.05) is 6.08 Å². The van der Waals surface area contributed by atoms with Crippen molar-refractivity contribution in [2.24, 2.45) is 103 Å². The number of esters is 3. The number of hydrazone groups is 1. The molecule has 13 aliphatic carbocycles. The molecule has 18 heteroatoms. The first-order valence-corrected chi connectivity index (χ1v) is 38.7. The normalized spacial score (nSPS) is 47.0. The number of carbonyl (C=O) groups is 6. The van der Waals surface area contributed by atoms with Gasteiger partial charge < -0.3 is 39.4 Å². The van der Waals surface area contributed by atoms with Gasteiger partial charge in [0.1, 0.15) is 36.3 Å². The topological polar surface area (TPSA) is 235 Å². The maximum atomic E-state index is 12.7. The van der Waals surface area contributed by atoms with Crippen LogP contribution in [0.4, 0.5) is 0 Å². The number of carbonyl (C=O) groups excluding carboxylic acids is 6. The summed E-state index contributed by atoms with van der Waals surface area (Å²) in [5.41, 5.74) is 3.25. The smallest absolute Gasteiger partial charge is 0.331 e. The van der Waals surface area contributed by atoms with Gasteiger partial charge in [0.25, 0.3) is 5.91 Å². The summed E-state index contributed by atoms with van der Waals surface area (Å²) in [5, 5.41) is 52.0. The Morgan fingerprint density at radius 1 is 0.663 bits per heavy atom. The number of halogens is 3. The number of nitrogens with zero attached hydrogens (tertiary/aromatic N) is 1. The fourth-order valence-corrected chi connectivity index (χ4v) is 26.0. The molecule has 1 aromatic rings. The number of ether oxygens (including phenoxy) is 3. The number of nitrogens with one attached hydrogen (secondary N) is 1. The lowest BCUT2D eigenvalue weighted by molar-refractivity contribution is -0.249. The summed E-state index contributed by atoms with van der Waals surface area (Å²) in [7, 11) is 0. The second-order valence-electron chi connectivity index (χ2n) is 34.0. The molecule has 23 atom stereocenters. The van der Waals surface area contributed by atoms with Crippen LogP contribution >= 0.6 is 39.1 Å². The van der Waals surface area contributed by atoms with Crippen molar-refractivity contribution in [1.82, 2.24) is 5.43 Å². The third-order valence-electron chi connectivity index (χ3n) is 30.7. The number of allylic oxidation sites excluding steroid dienone is 2. The highest BCUT2D eigenvalue weighted by atomic mass is 79.9. The van der Waals surface area contributed by atoms with Crippen LogP contribution in [0, 0.1) is 97.6 Å². The molecule has 1 amide bonds. The summed E-state index contributed by atoms with van der Waals surface area (Å²) in [4.78, 5) is 72.4. The number of hydrogen-bond donors (Lipinski definition) is 5. The first kappa shape index (κ1) is 69.9. The van der Waals surface area contributed by atoms with E-state index in [9.17, 15) is 49.2 Å². The average molecular weight is 1420 g/mol. The van der Waals surface area contributed by atoms with Gasteiger partial charge in [0.15, 0.2) is 5.78 Å². The van der Waals surface area contributed by atoms with Crippen LogP contribution in [-0.2, 0) is 38.2 Å². The molecular formula is C77H105BrCl2N2O13. The molecule has 1 aromatic carbocycles. The Labute approximate surface area is 580 Å². The van der Waals surface area contributed by atoms with Crippen LogP contribution in [0.2, 0.25) is 5.02 Å². The van der Waals surface area contributed by atoms with E-state index in [0.29, 0.717) is 96.6 Å². The number of amides is 1. The maximum absolute atomic E-state index is 12.7. The van der Waals surface area contributed by atoms with Gasteiger partial charge in [-0.15, -0.1) is 11.6 Å². The predicted molar refractivity (Wildman–Crippen MR) is 365 cm³/mol. The van der Waals surface area contributed by atoms with E-state index in [1.54, 1.807) is 30.3 Å². The molecule has 1 aliphatic heterocycles. The Balaban J connectivity index is 0.000000129. The Morgan fingerprint density at radius 3 is 1.98 bits per heavy atom. The van der Waals surface area contributed by atoms with E-state index in [0.717, 1.165) is 126 Å². The van der Waals surface area contributed by atoms with Crippen molar-refractivity contribution < 1.29 is 63.4 Å². The molecule has 15 rings (SSSR count). The van der Waals surface area contributed by atoms with Gasteiger partial charge in [-0.1, -0.05) is 73.8 Å². The first-order valence-electron chi connectivity index (χ1n) is 36.7. The maximum Gasteiger partial charge on any atom is 0.331 e. The highest BCUT2D eigenvalue weighted by Crippen LogP contribution is 2.73. The number of fused-ring (bicyclic) bond motifs is 15. The van der Waals surface area contributed by atoms with Crippen LogP contribution in [0.25, 0.3) is 0 Å². The molecule has 95 heavy (non-hydrogen) atoms. The Bertz CT molecular complexity index is 3290.